The Labute approximate surface area is 112 Å². The van der Waals surface area contributed by atoms with Crippen molar-refractivity contribution in [1.29, 1.82) is 0 Å². The van der Waals surface area contributed by atoms with Crippen molar-refractivity contribution in [3.05, 3.63) is 35.4 Å². The Kier molecular flexibility index (Phi) is 4.45. The van der Waals surface area contributed by atoms with E-state index in [1.165, 1.54) is 36.8 Å². The number of hydrogen-bond acceptors (Lipinski definition) is 1. The van der Waals surface area contributed by atoms with Crippen LogP contribution in [0.4, 0.5) is 0 Å². The Morgan fingerprint density at radius 3 is 2.83 bits per heavy atom. The summed E-state index contributed by atoms with van der Waals surface area (Å²) in [5.74, 6) is 0. The molecule has 1 heteroatoms. The third-order valence-electron chi connectivity index (χ3n) is 4.39. The second-order valence-corrected chi connectivity index (χ2v) is 6.48. The lowest BCUT2D eigenvalue weighted by atomic mass is 9.73. The predicted molar refractivity (Wildman–Crippen MR) is 78.9 cm³/mol. The van der Waals surface area contributed by atoms with E-state index >= 15 is 0 Å². The van der Waals surface area contributed by atoms with Crippen molar-refractivity contribution in [2.24, 2.45) is 5.41 Å². The van der Waals surface area contributed by atoms with Crippen LogP contribution < -0.4 is 5.32 Å². The lowest BCUT2D eigenvalue weighted by molar-refractivity contribution is 0.169. The molecule has 18 heavy (non-hydrogen) atoms. The molecule has 1 aliphatic rings. The smallest absolute Gasteiger partial charge is 0.0118 e. The third-order valence-corrected chi connectivity index (χ3v) is 4.39. The van der Waals surface area contributed by atoms with Gasteiger partial charge in [0.15, 0.2) is 0 Å². The summed E-state index contributed by atoms with van der Waals surface area (Å²) in [4.78, 5) is 0. The standard InChI is InChI=1S/C17H27N/c1-14-7-6-8-15(13-14)10-12-18-16-9-4-5-11-17(16,2)3/h6-8,13,16,18H,4-5,9-12H2,1-3H3. The summed E-state index contributed by atoms with van der Waals surface area (Å²) < 4.78 is 0. The van der Waals surface area contributed by atoms with Gasteiger partial charge in [-0.1, -0.05) is 56.5 Å². The van der Waals surface area contributed by atoms with E-state index in [4.69, 9.17) is 0 Å². The molecule has 1 N–H and O–H groups in total. The number of benzene rings is 1. The van der Waals surface area contributed by atoms with E-state index in [0.29, 0.717) is 11.5 Å². The second kappa shape index (κ2) is 5.88. The second-order valence-electron chi connectivity index (χ2n) is 6.48. The summed E-state index contributed by atoms with van der Waals surface area (Å²) in [7, 11) is 0. The highest BCUT2D eigenvalue weighted by molar-refractivity contribution is 5.22. The Morgan fingerprint density at radius 1 is 1.28 bits per heavy atom. The number of hydrogen-bond donors (Lipinski definition) is 1. The van der Waals surface area contributed by atoms with Crippen LogP contribution in [0.25, 0.3) is 0 Å². The minimum atomic E-state index is 0.477. The summed E-state index contributed by atoms with van der Waals surface area (Å²) in [6.45, 7) is 8.10. The van der Waals surface area contributed by atoms with Gasteiger partial charge in [-0.05, 0) is 43.7 Å². The molecule has 0 radical (unpaired) electrons. The normalized spacial score (nSPS) is 22.9. The van der Waals surface area contributed by atoms with E-state index in [9.17, 15) is 0 Å². The number of aryl methyl sites for hydroxylation is 1. The zero-order valence-corrected chi connectivity index (χ0v) is 12.1. The minimum Gasteiger partial charge on any atom is -0.313 e. The maximum atomic E-state index is 3.78. The Morgan fingerprint density at radius 2 is 2.11 bits per heavy atom. The predicted octanol–water partition coefficient (Wildman–Crippen LogP) is 4.10. The molecule has 0 spiro atoms. The van der Waals surface area contributed by atoms with Crippen LogP contribution in [0.1, 0.15) is 50.7 Å². The van der Waals surface area contributed by atoms with Crippen LogP contribution in [0.3, 0.4) is 0 Å². The van der Waals surface area contributed by atoms with Crippen LogP contribution in [0, 0.1) is 12.3 Å². The van der Waals surface area contributed by atoms with Gasteiger partial charge in [0, 0.05) is 6.04 Å². The largest absolute Gasteiger partial charge is 0.313 e. The van der Waals surface area contributed by atoms with Crippen molar-refractivity contribution in [1.82, 2.24) is 5.32 Å². The molecule has 0 aliphatic heterocycles. The van der Waals surface area contributed by atoms with Crippen molar-refractivity contribution in [3.8, 4) is 0 Å². The van der Waals surface area contributed by atoms with E-state index in [-0.39, 0.29) is 0 Å². The highest BCUT2D eigenvalue weighted by atomic mass is 14.9. The summed E-state index contributed by atoms with van der Waals surface area (Å²) in [5.41, 5.74) is 3.30. The first-order chi connectivity index (χ1) is 8.58. The van der Waals surface area contributed by atoms with Crippen LogP contribution in [0.2, 0.25) is 0 Å². The first-order valence-electron chi connectivity index (χ1n) is 7.37. The molecule has 0 heterocycles. The van der Waals surface area contributed by atoms with Crippen LogP contribution >= 0.6 is 0 Å². The highest BCUT2D eigenvalue weighted by Gasteiger charge is 2.31. The van der Waals surface area contributed by atoms with Crippen molar-refractivity contribution >= 4 is 0 Å². The summed E-state index contributed by atoms with van der Waals surface area (Å²) in [6, 6.07) is 9.57. The molecule has 1 aromatic rings. The van der Waals surface area contributed by atoms with Crippen molar-refractivity contribution < 1.29 is 0 Å². The van der Waals surface area contributed by atoms with Crippen LogP contribution in [-0.4, -0.2) is 12.6 Å². The lowest BCUT2D eigenvalue weighted by Gasteiger charge is -2.39. The van der Waals surface area contributed by atoms with E-state index in [2.05, 4.69) is 50.4 Å². The number of rotatable bonds is 4. The molecule has 1 nitrogen and oxygen atoms in total. The van der Waals surface area contributed by atoms with Gasteiger partial charge in [-0.2, -0.15) is 0 Å². The highest BCUT2D eigenvalue weighted by Crippen LogP contribution is 2.35. The topological polar surface area (TPSA) is 12.0 Å². The number of nitrogens with one attached hydrogen (secondary N) is 1. The Hall–Kier alpha value is -0.820. The molecule has 1 fully saturated rings. The summed E-state index contributed by atoms with van der Waals surface area (Å²) in [6.07, 6.45) is 6.67. The zero-order chi connectivity index (χ0) is 13.0. The molecule has 0 bridgehead atoms. The minimum absolute atomic E-state index is 0.477. The first kappa shape index (κ1) is 13.6. The van der Waals surface area contributed by atoms with Crippen LogP contribution in [0.5, 0.6) is 0 Å². The average molecular weight is 245 g/mol. The Balaban J connectivity index is 1.81. The van der Waals surface area contributed by atoms with Crippen molar-refractivity contribution in [3.63, 3.8) is 0 Å². The molecular formula is C17H27N. The van der Waals surface area contributed by atoms with Gasteiger partial charge in [-0.3, -0.25) is 0 Å². The molecule has 1 atom stereocenters. The summed E-state index contributed by atoms with van der Waals surface area (Å²) in [5, 5.41) is 3.78. The van der Waals surface area contributed by atoms with Crippen LogP contribution in [-0.2, 0) is 6.42 Å². The first-order valence-corrected chi connectivity index (χ1v) is 7.37. The maximum absolute atomic E-state index is 3.78. The monoisotopic (exact) mass is 245 g/mol. The van der Waals surface area contributed by atoms with Crippen LogP contribution in [0.15, 0.2) is 24.3 Å². The van der Waals surface area contributed by atoms with Gasteiger partial charge in [0.1, 0.15) is 0 Å². The molecular weight excluding hydrogens is 218 g/mol. The molecule has 0 aromatic heterocycles. The van der Waals surface area contributed by atoms with E-state index in [1.807, 2.05) is 0 Å². The molecule has 2 rings (SSSR count). The van der Waals surface area contributed by atoms with Crippen molar-refractivity contribution in [2.75, 3.05) is 6.54 Å². The van der Waals surface area contributed by atoms with Gasteiger partial charge in [0.2, 0.25) is 0 Å². The molecule has 1 aliphatic carbocycles. The molecule has 0 saturated heterocycles. The molecule has 1 saturated carbocycles. The van der Waals surface area contributed by atoms with Crippen molar-refractivity contribution in [2.45, 2.75) is 58.9 Å². The van der Waals surface area contributed by atoms with Gasteiger partial charge in [-0.15, -0.1) is 0 Å². The SMILES string of the molecule is Cc1cccc(CCNC2CCCCC2(C)C)c1. The molecule has 0 amide bonds. The fraction of sp³-hybridized carbons (Fsp3) is 0.647. The van der Waals surface area contributed by atoms with E-state index < -0.39 is 0 Å². The van der Waals surface area contributed by atoms with Gasteiger partial charge < -0.3 is 5.32 Å². The third kappa shape index (κ3) is 3.58. The van der Waals surface area contributed by atoms with E-state index in [0.717, 1.165) is 13.0 Å². The van der Waals surface area contributed by atoms with Gasteiger partial charge in [0.05, 0.1) is 0 Å². The fourth-order valence-corrected chi connectivity index (χ4v) is 3.13. The quantitative estimate of drug-likeness (QED) is 0.842. The van der Waals surface area contributed by atoms with Gasteiger partial charge in [0.25, 0.3) is 0 Å². The maximum Gasteiger partial charge on any atom is 0.0118 e. The fourth-order valence-electron chi connectivity index (χ4n) is 3.13. The van der Waals surface area contributed by atoms with Gasteiger partial charge in [-0.25, -0.2) is 0 Å². The Bertz CT molecular complexity index is 381. The van der Waals surface area contributed by atoms with Gasteiger partial charge >= 0.3 is 0 Å². The van der Waals surface area contributed by atoms with E-state index in [1.54, 1.807) is 0 Å². The zero-order valence-electron chi connectivity index (χ0n) is 12.1. The molecule has 1 unspecified atom stereocenters. The molecule has 1 aromatic carbocycles. The summed E-state index contributed by atoms with van der Waals surface area (Å²) >= 11 is 0. The lowest BCUT2D eigenvalue weighted by Crippen LogP contribution is -2.44. The molecule has 100 valence electrons. The average Bonchev–Trinajstić information content (AvgIpc) is 2.31.